The minimum atomic E-state index is -0.561. The SMILES string of the molecule is CC(C)(C)OC(=O)NCc1cccn(Cc2ccccc2)c1=O. The molecule has 1 aromatic heterocycles. The summed E-state index contributed by atoms with van der Waals surface area (Å²) >= 11 is 0. The summed E-state index contributed by atoms with van der Waals surface area (Å²) in [5.74, 6) is 0. The molecule has 0 saturated carbocycles. The third kappa shape index (κ3) is 5.29. The van der Waals surface area contributed by atoms with Crippen LogP contribution in [-0.2, 0) is 17.8 Å². The molecule has 1 heterocycles. The first-order valence-electron chi connectivity index (χ1n) is 7.54. The Hall–Kier alpha value is -2.56. The molecule has 0 spiro atoms. The number of hydrogen-bond donors (Lipinski definition) is 1. The van der Waals surface area contributed by atoms with Crippen molar-refractivity contribution in [1.82, 2.24) is 9.88 Å². The summed E-state index contributed by atoms with van der Waals surface area (Å²) in [5.41, 5.74) is 0.891. The van der Waals surface area contributed by atoms with Gasteiger partial charge in [-0.05, 0) is 32.4 Å². The zero-order chi connectivity index (χ0) is 16.9. The molecule has 0 radical (unpaired) electrons. The first-order valence-corrected chi connectivity index (χ1v) is 7.54. The lowest BCUT2D eigenvalue weighted by molar-refractivity contribution is 0.0523. The lowest BCUT2D eigenvalue weighted by atomic mass is 10.2. The van der Waals surface area contributed by atoms with Crippen LogP contribution in [0.2, 0.25) is 0 Å². The van der Waals surface area contributed by atoms with E-state index in [4.69, 9.17) is 4.74 Å². The summed E-state index contributed by atoms with van der Waals surface area (Å²) in [7, 11) is 0. The molecule has 2 aromatic rings. The zero-order valence-corrected chi connectivity index (χ0v) is 13.7. The number of benzene rings is 1. The van der Waals surface area contributed by atoms with Crippen molar-refractivity contribution in [2.45, 2.75) is 39.5 Å². The van der Waals surface area contributed by atoms with Crippen LogP contribution in [0.5, 0.6) is 0 Å². The van der Waals surface area contributed by atoms with Gasteiger partial charge in [0.15, 0.2) is 0 Å². The summed E-state index contributed by atoms with van der Waals surface area (Å²) in [6.45, 7) is 6.02. The minimum absolute atomic E-state index is 0.118. The van der Waals surface area contributed by atoms with E-state index in [0.717, 1.165) is 5.56 Å². The number of alkyl carbamates (subject to hydrolysis) is 1. The zero-order valence-electron chi connectivity index (χ0n) is 13.7. The summed E-state index contributed by atoms with van der Waals surface area (Å²) < 4.78 is 6.79. The van der Waals surface area contributed by atoms with Crippen LogP contribution in [0.1, 0.15) is 31.9 Å². The molecule has 0 fully saturated rings. The van der Waals surface area contributed by atoms with E-state index in [-0.39, 0.29) is 12.1 Å². The highest BCUT2D eigenvalue weighted by molar-refractivity contribution is 5.67. The molecule has 23 heavy (non-hydrogen) atoms. The van der Waals surface area contributed by atoms with Crippen molar-refractivity contribution < 1.29 is 9.53 Å². The van der Waals surface area contributed by atoms with Gasteiger partial charge >= 0.3 is 6.09 Å². The van der Waals surface area contributed by atoms with Crippen LogP contribution < -0.4 is 10.9 Å². The maximum atomic E-state index is 12.4. The van der Waals surface area contributed by atoms with Crippen molar-refractivity contribution in [1.29, 1.82) is 0 Å². The fourth-order valence-electron chi connectivity index (χ4n) is 2.11. The number of amides is 1. The maximum absolute atomic E-state index is 12.4. The molecule has 5 nitrogen and oxygen atoms in total. The molecule has 0 aliphatic carbocycles. The number of carbonyl (C=O) groups is 1. The van der Waals surface area contributed by atoms with Gasteiger partial charge in [-0.25, -0.2) is 4.79 Å². The number of carbonyl (C=O) groups excluding carboxylic acids is 1. The fraction of sp³-hybridized carbons (Fsp3) is 0.333. The quantitative estimate of drug-likeness (QED) is 0.944. The number of rotatable bonds is 4. The van der Waals surface area contributed by atoms with E-state index in [1.54, 1.807) is 43.7 Å². The van der Waals surface area contributed by atoms with Crippen LogP contribution in [-0.4, -0.2) is 16.3 Å². The molecule has 122 valence electrons. The molecule has 0 aliphatic rings. The Morgan fingerprint density at radius 1 is 1.13 bits per heavy atom. The van der Waals surface area contributed by atoms with Gasteiger partial charge < -0.3 is 14.6 Å². The first kappa shape index (κ1) is 16.8. The third-order valence-electron chi connectivity index (χ3n) is 3.12. The van der Waals surface area contributed by atoms with E-state index >= 15 is 0 Å². The Morgan fingerprint density at radius 3 is 2.48 bits per heavy atom. The highest BCUT2D eigenvalue weighted by Gasteiger charge is 2.16. The van der Waals surface area contributed by atoms with Crippen molar-refractivity contribution in [2.75, 3.05) is 0 Å². The second-order valence-corrected chi connectivity index (χ2v) is 6.31. The number of pyridine rings is 1. The van der Waals surface area contributed by atoms with E-state index in [1.807, 2.05) is 30.3 Å². The van der Waals surface area contributed by atoms with Gasteiger partial charge in [-0.3, -0.25) is 4.79 Å². The predicted octanol–water partition coefficient (Wildman–Crippen LogP) is 2.92. The van der Waals surface area contributed by atoms with Gasteiger partial charge in [0.25, 0.3) is 5.56 Å². The number of hydrogen-bond acceptors (Lipinski definition) is 3. The Kier molecular flexibility index (Phi) is 5.21. The van der Waals surface area contributed by atoms with E-state index in [0.29, 0.717) is 12.1 Å². The van der Waals surface area contributed by atoms with E-state index in [1.165, 1.54) is 0 Å². The molecule has 1 N–H and O–H groups in total. The molecule has 5 heteroatoms. The molecule has 0 unspecified atom stereocenters. The van der Waals surface area contributed by atoms with Gasteiger partial charge in [0.1, 0.15) is 5.60 Å². The highest BCUT2D eigenvalue weighted by atomic mass is 16.6. The Labute approximate surface area is 135 Å². The molecular formula is C18H22N2O3. The summed E-state index contributed by atoms with van der Waals surface area (Å²) in [4.78, 5) is 24.1. The molecule has 1 aromatic carbocycles. The maximum Gasteiger partial charge on any atom is 0.407 e. The van der Waals surface area contributed by atoms with Crippen LogP contribution in [0.25, 0.3) is 0 Å². The summed E-state index contributed by atoms with van der Waals surface area (Å²) in [5, 5.41) is 2.61. The highest BCUT2D eigenvalue weighted by Crippen LogP contribution is 2.06. The van der Waals surface area contributed by atoms with Crippen LogP contribution in [0, 0.1) is 0 Å². The molecule has 0 saturated heterocycles. The predicted molar refractivity (Wildman–Crippen MR) is 89.3 cm³/mol. The van der Waals surface area contributed by atoms with Crippen molar-refractivity contribution in [2.24, 2.45) is 0 Å². The lowest BCUT2D eigenvalue weighted by Crippen LogP contribution is -2.34. The van der Waals surface area contributed by atoms with Gasteiger partial charge in [-0.1, -0.05) is 36.4 Å². The number of ether oxygens (including phenoxy) is 1. The standard InChI is InChI=1S/C18H22N2O3/c1-18(2,3)23-17(22)19-12-15-10-7-11-20(16(15)21)13-14-8-5-4-6-9-14/h4-11H,12-13H2,1-3H3,(H,19,22). The number of aromatic nitrogens is 1. The first-order chi connectivity index (χ1) is 10.8. The molecule has 1 amide bonds. The van der Waals surface area contributed by atoms with Crippen LogP contribution >= 0.6 is 0 Å². The number of nitrogens with one attached hydrogen (secondary N) is 1. The Morgan fingerprint density at radius 2 is 1.83 bits per heavy atom. The van der Waals surface area contributed by atoms with Crippen molar-refractivity contribution >= 4 is 6.09 Å². The van der Waals surface area contributed by atoms with Crippen molar-refractivity contribution in [3.63, 3.8) is 0 Å². The third-order valence-corrected chi connectivity index (χ3v) is 3.12. The second-order valence-electron chi connectivity index (χ2n) is 6.31. The van der Waals surface area contributed by atoms with Crippen LogP contribution in [0.3, 0.4) is 0 Å². The normalized spacial score (nSPS) is 11.1. The van der Waals surface area contributed by atoms with E-state index in [9.17, 15) is 9.59 Å². The van der Waals surface area contributed by atoms with Gasteiger partial charge in [0.05, 0.1) is 13.1 Å². The van der Waals surface area contributed by atoms with E-state index in [2.05, 4.69) is 5.32 Å². The van der Waals surface area contributed by atoms with Gasteiger partial charge in [-0.15, -0.1) is 0 Å². The largest absolute Gasteiger partial charge is 0.444 e. The smallest absolute Gasteiger partial charge is 0.407 e. The van der Waals surface area contributed by atoms with E-state index < -0.39 is 11.7 Å². The Bertz CT molecular complexity index is 715. The molecule has 0 bridgehead atoms. The topological polar surface area (TPSA) is 60.3 Å². The summed E-state index contributed by atoms with van der Waals surface area (Å²) in [6, 6.07) is 13.3. The monoisotopic (exact) mass is 314 g/mol. The second kappa shape index (κ2) is 7.13. The molecule has 2 rings (SSSR count). The van der Waals surface area contributed by atoms with Crippen LogP contribution in [0.4, 0.5) is 4.79 Å². The Balaban J connectivity index is 2.05. The fourth-order valence-corrected chi connectivity index (χ4v) is 2.11. The van der Waals surface area contributed by atoms with Crippen LogP contribution in [0.15, 0.2) is 53.5 Å². The van der Waals surface area contributed by atoms with Gasteiger partial charge in [0, 0.05) is 11.8 Å². The molecular weight excluding hydrogens is 292 g/mol. The van der Waals surface area contributed by atoms with Crippen molar-refractivity contribution in [3.05, 3.63) is 70.1 Å². The van der Waals surface area contributed by atoms with Crippen molar-refractivity contribution in [3.8, 4) is 0 Å². The number of nitrogens with zero attached hydrogens (tertiary/aromatic N) is 1. The minimum Gasteiger partial charge on any atom is -0.444 e. The van der Waals surface area contributed by atoms with Gasteiger partial charge in [-0.2, -0.15) is 0 Å². The average molecular weight is 314 g/mol. The summed E-state index contributed by atoms with van der Waals surface area (Å²) in [6.07, 6.45) is 1.21. The average Bonchev–Trinajstić information content (AvgIpc) is 2.47. The lowest BCUT2D eigenvalue weighted by Gasteiger charge is -2.19. The molecule has 0 aliphatic heterocycles. The molecule has 0 atom stereocenters. The van der Waals surface area contributed by atoms with Gasteiger partial charge in [0.2, 0.25) is 0 Å².